The Hall–Kier alpha value is -1.54. The topological polar surface area (TPSA) is 60.5 Å². The molecule has 8 rings (SSSR count). The van der Waals surface area contributed by atoms with E-state index in [4.69, 9.17) is 18.6 Å². The molecule has 2 aliphatic heterocycles. The maximum atomic E-state index is 12.4. The van der Waals surface area contributed by atoms with Gasteiger partial charge in [-0.2, -0.15) is 0 Å². The van der Waals surface area contributed by atoms with Crippen LogP contribution in [0, 0.1) is 52.3 Å². The van der Waals surface area contributed by atoms with Crippen molar-refractivity contribution in [1.82, 2.24) is 0 Å². The molecule has 0 radical (unpaired) electrons. The van der Waals surface area contributed by atoms with Gasteiger partial charge in [-0.05, 0) is 115 Å². The summed E-state index contributed by atoms with van der Waals surface area (Å²) >= 11 is 0. The average Bonchev–Trinajstić information content (AvgIpc) is 3.64. The van der Waals surface area contributed by atoms with Gasteiger partial charge in [0.2, 0.25) is 0 Å². The number of epoxide rings is 1. The number of ether oxygens (including phenoxy) is 3. The van der Waals surface area contributed by atoms with E-state index in [2.05, 4.69) is 137 Å². The first-order valence-corrected chi connectivity index (χ1v) is 23.3. The van der Waals surface area contributed by atoms with Gasteiger partial charge in [-0.3, -0.25) is 0 Å². The van der Waals surface area contributed by atoms with Crippen LogP contribution >= 0.6 is 0 Å². The number of aliphatic hydroxyl groups is 1. The minimum atomic E-state index is -2.66. The van der Waals surface area contributed by atoms with Crippen LogP contribution in [-0.4, -0.2) is 55.3 Å². The summed E-state index contributed by atoms with van der Waals surface area (Å²) in [7, 11) is -2.66. The van der Waals surface area contributed by atoms with Gasteiger partial charge in [0.05, 0.1) is 24.4 Å². The molecule has 6 heteroatoms. The fourth-order valence-corrected chi connectivity index (χ4v) is 18.5. The first kappa shape index (κ1) is 38.3. The highest BCUT2D eigenvalue weighted by Gasteiger charge is 2.82. The van der Waals surface area contributed by atoms with Gasteiger partial charge in [-0.25, -0.2) is 0 Å². The van der Waals surface area contributed by atoms with Crippen LogP contribution in [0.25, 0.3) is 0 Å². The Bertz CT molecular complexity index is 1580. The molecule has 2 saturated heterocycles. The lowest BCUT2D eigenvalue weighted by Gasteiger charge is -2.63. The van der Waals surface area contributed by atoms with Gasteiger partial charge in [-0.15, -0.1) is 0 Å². The van der Waals surface area contributed by atoms with Gasteiger partial charge in [0.1, 0.15) is 5.60 Å². The van der Waals surface area contributed by atoms with Crippen molar-refractivity contribution in [3.8, 4) is 0 Å². The molecule has 2 heterocycles. The van der Waals surface area contributed by atoms with E-state index in [-0.39, 0.29) is 57.9 Å². The average molecular weight is 743 g/mol. The first-order chi connectivity index (χ1) is 24.9. The monoisotopic (exact) mass is 742 g/mol. The molecule has 1 N–H and O–H groups in total. The van der Waals surface area contributed by atoms with E-state index in [0.29, 0.717) is 35.5 Å². The lowest BCUT2D eigenvalue weighted by atomic mass is 9.43. The summed E-state index contributed by atoms with van der Waals surface area (Å²) in [5.41, 5.74) is -0.0257. The highest BCUT2D eigenvalue weighted by Crippen LogP contribution is 2.77. The molecule has 5 nitrogen and oxygen atoms in total. The molecule has 0 bridgehead atoms. The van der Waals surface area contributed by atoms with Crippen molar-refractivity contribution >= 4 is 18.7 Å². The van der Waals surface area contributed by atoms with E-state index in [1.54, 1.807) is 0 Å². The van der Waals surface area contributed by atoms with E-state index in [1.165, 1.54) is 16.8 Å². The fourth-order valence-electron chi connectivity index (χ4n) is 13.7. The third kappa shape index (κ3) is 5.68. The number of fused-ring (bicyclic) bond motifs is 3. The molecule has 2 aromatic carbocycles. The van der Waals surface area contributed by atoms with Gasteiger partial charge < -0.3 is 23.7 Å². The predicted octanol–water partition coefficient (Wildman–Crippen LogP) is 9.14. The second kappa shape index (κ2) is 13.0. The second-order valence-corrected chi connectivity index (χ2v) is 25.3. The molecule has 1 spiro atoms. The van der Waals surface area contributed by atoms with E-state index in [0.717, 1.165) is 38.5 Å². The van der Waals surface area contributed by atoms with E-state index in [1.807, 2.05) is 0 Å². The van der Waals surface area contributed by atoms with Crippen molar-refractivity contribution in [2.75, 3.05) is 0 Å². The number of hydrogen-bond acceptors (Lipinski definition) is 5. The van der Waals surface area contributed by atoms with Crippen LogP contribution in [0.2, 0.25) is 5.04 Å². The molecule has 0 aromatic heterocycles. The second-order valence-electron chi connectivity index (χ2n) is 21.0. The SMILES string of the molecule is CC(C)[C@@H](C)[C@@H]1OC(C)(C)O[C@H]1[C@@H](C)[C@H]1C[C@H]2O[C@]23[C@@H]2[C@@H](O)C[C@@H]4C[C@H](O[Si](c5ccccc5)(c5ccccc5)C(C)(C)C)CC[C@]4(C)[C@H]2CC[C@]13C. The highest BCUT2D eigenvalue weighted by molar-refractivity contribution is 6.99. The summed E-state index contributed by atoms with van der Waals surface area (Å²) in [5.74, 6) is 2.33. The maximum absolute atomic E-state index is 12.4. The van der Waals surface area contributed by atoms with Crippen molar-refractivity contribution in [2.45, 2.75) is 168 Å². The normalized spacial score (nSPS) is 43.0. The van der Waals surface area contributed by atoms with E-state index in [9.17, 15) is 5.11 Å². The summed E-state index contributed by atoms with van der Waals surface area (Å²) in [6, 6.07) is 22.2. The van der Waals surface area contributed by atoms with Crippen LogP contribution in [-0.2, 0) is 18.6 Å². The van der Waals surface area contributed by atoms with Gasteiger partial charge in [0.15, 0.2) is 5.79 Å². The van der Waals surface area contributed by atoms with Crippen LogP contribution in [0.1, 0.15) is 121 Å². The Morgan fingerprint density at radius 1 is 0.774 bits per heavy atom. The zero-order chi connectivity index (χ0) is 37.9. The van der Waals surface area contributed by atoms with Crippen molar-refractivity contribution in [1.29, 1.82) is 0 Å². The van der Waals surface area contributed by atoms with Gasteiger partial charge in [0.25, 0.3) is 8.32 Å². The van der Waals surface area contributed by atoms with Crippen LogP contribution in [0.15, 0.2) is 60.7 Å². The largest absolute Gasteiger partial charge is 0.404 e. The number of benzene rings is 2. The molecule has 4 saturated carbocycles. The molecule has 14 atom stereocenters. The maximum Gasteiger partial charge on any atom is 0.261 e. The summed E-state index contributed by atoms with van der Waals surface area (Å²) < 4.78 is 28.2. The summed E-state index contributed by atoms with van der Waals surface area (Å²) in [4.78, 5) is 0. The van der Waals surface area contributed by atoms with Gasteiger partial charge in [0, 0.05) is 17.4 Å². The molecule has 6 aliphatic rings. The summed E-state index contributed by atoms with van der Waals surface area (Å²) in [6.45, 7) is 25.9. The molecular weight excluding hydrogens is 673 g/mol. The van der Waals surface area contributed by atoms with Crippen LogP contribution < -0.4 is 10.4 Å². The van der Waals surface area contributed by atoms with Crippen LogP contribution in [0.4, 0.5) is 0 Å². The van der Waals surface area contributed by atoms with Crippen molar-refractivity contribution < 1.29 is 23.7 Å². The molecule has 0 amide bonds. The third-order valence-electron chi connectivity index (χ3n) is 16.8. The fraction of sp³-hybridized carbons (Fsp3) is 0.745. The zero-order valence-corrected chi connectivity index (χ0v) is 35.7. The van der Waals surface area contributed by atoms with Crippen molar-refractivity contribution in [3.05, 3.63) is 60.7 Å². The van der Waals surface area contributed by atoms with Gasteiger partial charge >= 0.3 is 0 Å². The predicted molar refractivity (Wildman–Crippen MR) is 216 cm³/mol. The van der Waals surface area contributed by atoms with E-state index < -0.39 is 14.1 Å². The lowest BCUT2D eigenvalue weighted by Crippen LogP contribution is -2.68. The minimum Gasteiger partial charge on any atom is -0.404 e. The molecule has 0 unspecified atom stereocenters. The standard InChI is InChI=1S/C47H70O5Si/c1-29(2)30(3)41-42(51-44(8,9)50-41)31(4)37-28-39-47(49-39)40-36(23-25-46(37,47)11)45(10)24-22-33(26-32(45)27-38(40)48)52-53(43(5,6)7,34-18-14-12-15-19-34)35-20-16-13-17-21-35/h12-21,29-33,36-42,48H,22-28H2,1-11H3/t30-,31+,32+,33-,36+,37-,38+,39-,40+,41+,42+,45+,46-,47+/m1/s1. The molecule has 2 aromatic rings. The Balaban J connectivity index is 1.05. The highest BCUT2D eigenvalue weighted by atomic mass is 28.4. The van der Waals surface area contributed by atoms with Crippen LogP contribution in [0.3, 0.4) is 0 Å². The molecule has 4 aliphatic carbocycles. The van der Waals surface area contributed by atoms with Crippen molar-refractivity contribution in [2.24, 2.45) is 52.3 Å². The minimum absolute atomic E-state index is 0.0216. The Morgan fingerprint density at radius 2 is 1.38 bits per heavy atom. The third-order valence-corrected chi connectivity index (χ3v) is 21.9. The molecule has 53 heavy (non-hydrogen) atoms. The molecule has 6 fully saturated rings. The number of aliphatic hydroxyl groups excluding tert-OH is 1. The lowest BCUT2D eigenvalue weighted by molar-refractivity contribution is -0.193. The van der Waals surface area contributed by atoms with Crippen molar-refractivity contribution in [3.63, 3.8) is 0 Å². The summed E-state index contributed by atoms with van der Waals surface area (Å²) in [6.07, 6.45) is 7.77. The van der Waals surface area contributed by atoms with Crippen LogP contribution in [0.5, 0.6) is 0 Å². The van der Waals surface area contributed by atoms with E-state index >= 15 is 0 Å². The Labute approximate surface area is 322 Å². The first-order valence-electron chi connectivity index (χ1n) is 21.4. The van der Waals surface area contributed by atoms with Gasteiger partial charge in [-0.1, -0.05) is 123 Å². The Kier molecular flexibility index (Phi) is 9.40. The number of rotatable bonds is 8. The smallest absolute Gasteiger partial charge is 0.261 e. The quantitative estimate of drug-likeness (QED) is 0.216. The zero-order valence-electron chi connectivity index (χ0n) is 34.7. The summed E-state index contributed by atoms with van der Waals surface area (Å²) in [5, 5.41) is 15.1. The Morgan fingerprint density at radius 3 is 1.96 bits per heavy atom. The molecule has 292 valence electrons. The molecular formula is C47H70O5Si. The number of hydrogen-bond donors (Lipinski definition) is 1.